The molecule has 3 nitrogen and oxygen atoms in total. The molecule has 2 aromatic heterocycles. The Morgan fingerprint density at radius 3 is 3.06 bits per heavy atom. The van der Waals surface area contributed by atoms with Crippen LogP contribution in [-0.2, 0) is 5.75 Å². The maximum Gasteiger partial charge on any atom is 0.354 e. The van der Waals surface area contributed by atoms with Crippen LogP contribution in [0.25, 0.3) is 0 Å². The Morgan fingerprint density at radius 1 is 1.50 bits per heavy atom. The molecule has 0 unspecified atom stereocenters. The summed E-state index contributed by atoms with van der Waals surface area (Å²) in [7, 11) is 0. The van der Waals surface area contributed by atoms with Gasteiger partial charge in [-0.2, -0.15) is 0 Å². The van der Waals surface area contributed by atoms with Crippen molar-refractivity contribution < 1.29 is 9.90 Å². The molecule has 0 aromatic carbocycles. The van der Waals surface area contributed by atoms with Crippen molar-refractivity contribution in [2.75, 3.05) is 0 Å². The molecule has 16 heavy (non-hydrogen) atoms. The predicted octanol–water partition coefficient (Wildman–Crippen LogP) is 3.13. The lowest BCUT2D eigenvalue weighted by Crippen LogP contribution is -1.99. The van der Waals surface area contributed by atoms with Crippen molar-refractivity contribution in [3.8, 4) is 0 Å². The quantitative estimate of drug-likeness (QED) is 0.848. The first-order chi connectivity index (χ1) is 7.75. The van der Waals surface area contributed by atoms with Gasteiger partial charge < -0.3 is 5.11 Å². The Hall–Kier alpha value is -1.33. The minimum Gasteiger partial charge on any atom is -0.477 e. The van der Waals surface area contributed by atoms with Crippen molar-refractivity contribution in [2.24, 2.45) is 0 Å². The first-order valence-corrected chi connectivity index (χ1v) is 6.47. The minimum atomic E-state index is -0.987. The number of hydrogen-bond acceptors (Lipinski definition) is 4. The average molecular weight is 251 g/mol. The van der Waals surface area contributed by atoms with E-state index in [0.717, 1.165) is 10.6 Å². The van der Waals surface area contributed by atoms with Gasteiger partial charge in [0, 0.05) is 21.7 Å². The highest BCUT2D eigenvalue weighted by molar-refractivity contribution is 7.98. The van der Waals surface area contributed by atoms with Crippen molar-refractivity contribution in [1.29, 1.82) is 0 Å². The highest BCUT2D eigenvalue weighted by atomic mass is 32.2. The summed E-state index contributed by atoms with van der Waals surface area (Å²) in [5, 5.41) is 10.8. The molecular formula is C11H9NO2S2. The Labute approximate surface area is 101 Å². The maximum absolute atomic E-state index is 10.7. The van der Waals surface area contributed by atoms with Crippen molar-refractivity contribution in [3.05, 3.63) is 46.4 Å². The highest BCUT2D eigenvalue weighted by Crippen LogP contribution is 2.24. The van der Waals surface area contributed by atoms with Crippen molar-refractivity contribution in [2.45, 2.75) is 10.6 Å². The fourth-order valence-electron chi connectivity index (χ4n) is 1.17. The number of thioether (sulfide) groups is 1. The SMILES string of the molecule is O=C(O)c1cc(SCc2cccs2)ccn1. The number of carboxylic acids is 1. The lowest BCUT2D eigenvalue weighted by molar-refractivity contribution is 0.0690. The first kappa shape index (κ1) is 11.2. The maximum atomic E-state index is 10.7. The molecule has 2 aromatic rings. The number of hydrogen-bond donors (Lipinski definition) is 1. The van der Waals surface area contributed by atoms with Crippen LogP contribution >= 0.6 is 23.1 Å². The third kappa shape index (κ3) is 2.84. The molecule has 0 bridgehead atoms. The average Bonchev–Trinajstić information content (AvgIpc) is 2.79. The van der Waals surface area contributed by atoms with Crippen molar-refractivity contribution in [3.63, 3.8) is 0 Å². The summed E-state index contributed by atoms with van der Waals surface area (Å²) in [4.78, 5) is 16.7. The van der Waals surface area contributed by atoms with Gasteiger partial charge in [0.15, 0.2) is 0 Å². The van der Waals surface area contributed by atoms with E-state index < -0.39 is 5.97 Å². The first-order valence-electron chi connectivity index (χ1n) is 4.60. The molecule has 0 fully saturated rings. The summed E-state index contributed by atoms with van der Waals surface area (Å²) in [6.07, 6.45) is 1.53. The van der Waals surface area contributed by atoms with Crippen LogP contribution in [-0.4, -0.2) is 16.1 Å². The Balaban J connectivity index is 2.04. The summed E-state index contributed by atoms with van der Waals surface area (Å²) in [6.45, 7) is 0. The van der Waals surface area contributed by atoms with Crippen molar-refractivity contribution in [1.82, 2.24) is 4.98 Å². The van der Waals surface area contributed by atoms with Gasteiger partial charge in [0.1, 0.15) is 5.69 Å². The van der Waals surface area contributed by atoms with Crippen LogP contribution in [0.1, 0.15) is 15.4 Å². The van der Waals surface area contributed by atoms with Crippen LogP contribution in [0.5, 0.6) is 0 Å². The topological polar surface area (TPSA) is 50.2 Å². The molecule has 0 saturated carbocycles. The zero-order valence-electron chi connectivity index (χ0n) is 8.29. The van der Waals surface area contributed by atoms with E-state index >= 15 is 0 Å². The largest absolute Gasteiger partial charge is 0.477 e. The molecule has 82 valence electrons. The highest BCUT2D eigenvalue weighted by Gasteiger charge is 2.05. The zero-order chi connectivity index (χ0) is 11.4. The molecule has 0 aliphatic carbocycles. The number of pyridine rings is 1. The Kier molecular flexibility index (Phi) is 3.58. The number of aromatic carboxylic acids is 1. The third-order valence-electron chi connectivity index (χ3n) is 1.91. The second-order valence-electron chi connectivity index (χ2n) is 3.05. The molecule has 0 spiro atoms. The van der Waals surface area contributed by atoms with Crippen LogP contribution in [0.15, 0.2) is 40.7 Å². The van der Waals surface area contributed by atoms with Gasteiger partial charge in [0.2, 0.25) is 0 Å². The van der Waals surface area contributed by atoms with E-state index in [2.05, 4.69) is 11.1 Å². The molecule has 0 aliphatic rings. The van der Waals surface area contributed by atoms with E-state index in [9.17, 15) is 4.79 Å². The molecule has 2 rings (SSSR count). The van der Waals surface area contributed by atoms with Crippen LogP contribution in [0, 0.1) is 0 Å². The van der Waals surface area contributed by atoms with E-state index in [0.29, 0.717) is 0 Å². The van der Waals surface area contributed by atoms with Gasteiger partial charge >= 0.3 is 5.97 Å². The van der Waals surface area contributed by atoms with Crippen LogP contribution in [0.2, 0.25) is 0 Å². The van der Waals surface area contributed by atoms with Gasteiger partial charge in [-0.3, -0.25) is 0 Å². The van der Waals surface area contributed by atoms with Crippen LogP contribution in [0.4, 0.5) is 0 Å². The molecule has 0 radical (unpaired) electrons. The summed E-state index contributed by atoms with van der Waals surface area (Å²) in [6, 6.07) is 7.50. The number of thiophene rings is 1. The van der Waals surface area contributed by atoms with Gasteiger partial charge in [-0.15, -0.1) is 23.1 Å². The van der Waals surface area contributed by atoms with Gasteiger partial charge in [0.05, 0.1) is 0 Å². The number of aromatic nitrogens is 1. The number of carboxylic acid groups (broad SMARTS) is 1. The molecular weight excluding hydrogens is 242 g/mol. The molecule has 0 atom stereocenters. The lowest BCUT2D eigenvalue weighted by atomic mass is 10.3. The van der Waals surface area contributed by atoms with E-state index in [4.69, 9.17) is 5.11 Å². The minimum absolute atomic E-state index is 0.0937. The summed E-state index contributed by atoms with van der Waals surface area (Å²) >= 11 is 3.32. The third-order valence-corrected chi connectivity index (χ3v) is 4.01. The summed E-state index contributed by atoms with van der Waals surface area (Å²) in [5.41, 5.74) is 0.0937. The standard InChI is InChI=1S/C11H9NO2S2/c13-11(14)10-6-8(3-4-12-10)16-7-9-2-1-5-15-9/h1-6H,7H2,(H,13,14). The van der Waals surface area contributed by atoms with Gasteiger partial charge in [-0.25, -0.2) is 9.78 Å². The second-order valence-corrected chi connectivity index (χ2v) is 5.13. The zero-order valence-corrected chi connectivity index (χ0v) is 9.92. The normalized spacial score (nSPS) is 10.2. The lowest BCUT2D eigenvalue weighted by Gasteiger charge is -2.00. The van der Waals surface area contributed by atoms with Gasteiger partial charge in [-0.1, -0.05) is 6.07 Å². The van der Waals surface area contributed by atoms with Crippen molar-refractivity contribution >= 4 is 29.1 Å². The second kappa shape index (κ2) is 5.14. The molecule has 0 amide bonds. The Morgan fingerprint density at radius 2 is 2.38 bits per heavy atom. The molecule has 5 heteroatoms. The number of carbonyl (C=O) groups is 1. The smallest absolute Gasteiger partial charge is 0.354 e. The van der Waals surface area contributed by atoms with Crippen LogP contribution < -0.4 is 0 Å². The van der Waals surface area contributed by atoms with E-state index in [-0.39, 0.29) is 5.69 Å². The summed E-state index contributed by atoms with van der Waals surface area (Å²) in [5.74, 6) is -0.126. The van der Waals surface area contributed by atoms with E-state index in [1.54, 1.807) is 29.2 Å². The van der Waals surface area contributed by atoms with E-state index in [1.165, 1.54) is 11.1 Å². The Bertz CT molecular complexity index is 482. The summed E-state index contributed by atoms with van der Waals surface area (Å²) < 4.78 is 0. The number of nitrogens with zero attached hydrogens (tertiary/aromatic N) is 1. The molecule has 1 N–H and O–H groups in total. The fraction of sp³-hybridized carbons (Fsp3) is 0.0909. The molecule has 2 heterocycles. The molecule has 0 aliphatic heterocycles. The van der Waals surface area contributed by atoms with Gasteiger partial charge in [-0.05, 0) is 23.6 Å². The van der Waals surface area contributed by atoms with E-state index in [1.807, 2.05) is 17.5 Å². The predicted molar refractivity (Wildman–Crippen MR) is 65.1 cm³/mol. The van der Waals surface area contributed by atoms with Gasteiger partial charge in [0.25, 0.3) is 0 Å². The molecule has 0 saturated heterocycles. The monoisotopic (exact) mass is 251 g/mol. The van der Waals surface area contributed by atoms with Crippen LogP contribution in [0.3, 0.4) is 0 Å². The number of rotatable bonds is 4. The fourth-order valence-corrected chi connectivity index (χ4v) is 2.86.